The van der Waals surface area contributed by atoms with Crippen LogP contribution in [0.25, 0.3) is 0 Å². The molecule has 2 unspecified atom stereocenters. The molecule has 0 saturated heterocycles. The first-order chi connectivity index (χ1) is 15.3. The Balaban J connectivity index is 2.66. The Morgan fingerprint density at radius 1 is 0.529 bits per heavy atom. The van der Waals surface area contributed by atoms with Crippen molar-refractivity contribution < 1.29 is 18.9 Å². The molecule has 0 N–H and O–H groups in total. The molecular weight excluding hydrogens is 456 g/mol. The highest BCUT2D eigenvalue weighted by Crippen LogP contribution is 2.18. The molecule has 4 nitrogen and oxygen atoms in total. The predicted octanol–water partition coefficient (Wildman–Crippen LogP) is 4.11. The lowest BCUT2D eigenvalue weighted by molar-refractivity contribution is -0.112. The van der Waals surface area contributed by atoms with Gasteiger partial charge in [-0.25, -0.2) is 0 Å². The number of rotatable bonds is 12. The monoisotopic (exact) mass is 510 g/mol. The Kier molecular flexibility index (Phi) is 12.2. The third kappa shape index (κ3) is 17.0. The van der Waals surface area contributed by atoms with E-state index in [9.17, 15) is 0 Å². The summed E-state index contributed by atoms with van der Waals surface area (Å²) >= 11 is 0. The molecule has 2 atom stereocenters. The maximum absolute atomic E-state index is 6.32. The molecule has 6 heteroatoms. The molecule has 0 bridgehead atoms. The summed E-state index contributed by atoms with van der Waals surface area (Å²) in [5.74, 6) is 0. The van der Waals surface area contributed by atoms with E-state index in [4.69, 9.17) is 18.9 Å². The van der Waals surface area contributed by atoms with Gasteiger partial charge in [0, 0.05) is 0 Å². The van der Waals surface area contributed by atoms with Gasteiger partial charge in [-0.2, -0.15) is 0 Å². The van der Waals surface area contributed by atoms with Gasteiger partial charge in [0.15, 0.2) is 0 Å². The second-order valence-corrected chi connectivity index (χ2v) is 17.2. The minimum atomic E-state index is -0.419. The summed E-state index contributed by atoms with van der Waals surface area (Å²) in [5, 5.41) is 2.99. The zero-order valence-corrected chi connectivity index (χ0v) is 27.2. The van der Waals surface area contributed by atoms with Crippen LogP contribution in [0.4, 0.5) is 0 Å². The normalized spacial score (nSPS) is 16.1. The number of hydrogen-bond donors (Lipinski definition) is 0. The van der Waals surface area contributed by atoms with Crippen molar-refractivity contribution in [1.82, 2.24) is 0 Å². The van der Waals surface area contributed by atoms with Gasteiger partial charge in [-0.3, -0.25) is 0 Å². The molecule has 0 fully saturated rings. The summed E-state index contributed by atoms with van der Waals surface area (Å²) < 4.78 is 24.8. The molecule has 0 amide bonds. The van der Waals surface area contributed by atoms with Crippen molar-refractivity contribution in [2.24, 2.45) is 0 Å². The van der Waals surface area contributed by atoms with E-state index >= 15 is 0 Å². The van der Waals surface area contributed by atoms with Crippen LogP contribution in [0.15, 0.2) is 24.3 Å². The first kappa shape index (κ1) is 31.5. The summed E-state index contributed by atoms with van der Waals surface area (Å²) in [6, 6.07) is 11.6. The van der Waals surface area contributed by atoms with E-state index in [1.165, 1.54) is 10.4 Å². The van der Waals surface area contributed by atoms with Crippen LogP contribution in [0.1, 0.15) is 83.1 Å². The molecule has 0 aliphatic carbocycles. The first-order valence-electron chi connectivity index (χ1n) is 13.0. The van der Waals surface area contributed by atoms with Crippen LogP contribution >= 0.6 is 0 Å². The summed E-state index contributed by atoms with van der Waals surface area (Å²) in [6.07, 6.45) is 0.302. The van der Waals surface area contributed by atoms with Crippen LogP contribution in [0, 0.1) is 0 Å². The molecule has 0 aromatic heterocycles. The fraction of sp³-hybridized carbons (Fsp3) is 0.786. The fourth-order valence-corrected chi connectivity index (χ4v) is 6.58. The smallest absolute Gasteiger partial charge is 0.0790 e. The van der Waals surface area contributed by atoms with Crippen molar-refractivity contribution >= 4 is 29.4 Å². The Morgan fingerprint density at radius 2 is 0.824 bits per heavy atom. The zero-order valence-electron chi connectivity index (χ0n) is 24.3. The molecule has 0 heterocycles. The van der Waals surface area contributed by atoms with Gasteiger partial charge < -0.3 is 18.9 Å². The van der Waals surface area contributed by atoms with Gasteiger partial charge in [0.1, 0.15) is 0 Å². The van der Waals surface area contributed by atoms with Crippen LogP contribution in [-0.2, 0) is 18.9 Å². The molecule has 0 saturated carbocycles. The Labute approximate surface area is 215 Å². The summed E-state index contributed by atoms with van der Waals surface area (Å²) in [7, 11) is -0.837. The summed E-state index contributed by atoms with van der Waals surface area (Å²) in [5.41, 5.74) is -0.587. The Morgan fingerprint density at radius 3 is 1.06 bits per heavy atom. The average Bonchev–Trinajstić information content (AvgIpc) is 2.64. The van der Waals surface area contributed by atoms with Crippen molar-refractivity contribution in [2.75, 3.05) is 13.2 Å². The molecule has 198 valence electrons. The standard InChI is InChI=1S/C28H54O4Si2/c1-25(2,3)29-17-21(31-27(7,8)9)19-33-23-13-15-24(16-14-23)34-20-22(32-28(10,11)12)18-30-26(4,5)6/h13-16,21-22H,17-20,33-34H2,1-12H3. The quantitative estimate of drug-likeness (QED) is 0.397. The van der Waals surface area contributed by atoms with Crippen molar-refractivity contribution in [2.45, 2.75) is 130 Å². The van der Waals surface area contributed by atoms with E-state index < -0.39 is 19.0 Å². The molecule has 0 aliphatic rings. The van der Waals surface area contributed by atoms with Crippen molar-refractivity contribution in [1.29, 1.82) is 0 Å². The first-order valence-corrected chi connectivity index (χ1v) is 16.4. The van der Waals surface area contributed by atoms with Crippen molar-refractivity contribution in [3.05, 3.63) is 24.3 Å². The van der Waals surface area contributed by atoms with Crippen molar-refractivity contribution in [3.8, 4) is 0 Å². The second-order valence-electron chi connectivity index (χ2n) is 13.4. The molecule has 0 spiro atoms. The molecule has 0 radical (unpaired) electrons. The lowest BCUT2D eigenvalue weighted by Crippen LogP contribution is -2.36. The van der Waals surface area contributed by atoms with E-state index in [0.29, 0.717) is 13.2 Å². The zero-order chi connectivity index (χ0) is 26.2. The van der Waals surface area contributed by atoms with Gasteiger partial charge >= 0.3 is 0 Å². The number of ether oxygens (including phenoxy) is 4. The lowest BCUT2D eigenvalue weighted by Gasteiger charge is -2.30. The third-order valence-electron chi connectivity index (χ3n) is 4.98. The third-order valence-corrected chi connectivity index (χ3v) is 8.94. The highest BCUT2D eigenvalue weighted by Gasteiger charge is 2.23. The molecular formula is C28H54O4Si2. The number of hydrogen-bond acceptors (Lipinski definition) is 4. The van der Waals surface area contributed by atoms with Crippen LogP contribution in [0.5, 0.6) is 0 Å². The molecule has 1 aromatic carbocycles. The van der Waals surface area contributed by atoms with Crippen LogP contribution in [0.3, 0.4) is 0 Å². The van der Waals surface area contributed by atoms with Gasteiger partial charge in [-0.1, -0.05) is 34.6 Å². The van der Waals surface area contributed by atoms with Crippen LogP contribution in [-0.4, -0.2) is 66.9 Å². The fourth-order valence-electron chi connectivity index (χ4n) is 3.57. The van der Waals surface area contributed by atoms with Crippen LogP contribution in [0.2, 0.25) is 12.1 Å². The van der Waals surface area contributed by atoms with Gasteiger partial charge in [-0.15, -0.1) is 0 Å². The van der Waals surface area contributed by atoms with Gasteiger partial charge in [-0.05, 0) is 95.2 Å². The largest absolute Gasteiger partial charge is 0.373 e. The predicted molar refractivity (Wildman–Crippen MR) is 153 cm³/mol. The maximum Gasteiger partial charge on any atom is 0.0790 e. The van der Waals surface area contributed by atoms with Gasteiger partial charge in [0.25, 0.3) is 0 Å². The summed E-state index contributed by atoms with van der Waals surface area (Å²) in [6.45, 7) is 26.7. The van der Waals surface area contributed by atoms with E-state index in [1.54, 1.807) is 0 Å². The molecule has 1 rings (SSSR count). The minimum Gasteiger partial charge on any atom is -0.373 e. The van der Waals surface area contributed by atoms with Gasteiger partial charge in [0.05, 0.1) is 66.9 Å². The van der Waals surface area contributed by atoms with E-state index in [0.717, 1.165) is 12.1 Å². The topological polar surface area (TPSA) is 36.9 Å². The van der Waals surface area contributed by atoms with Crippen LogP contribution < -0.4 is 10.4 Å². The highest BCUT2D eigenvalue weighted by atomic mass is 28.2. The second kappa shape index (κ2) is 13.2. The van der Waals surface area contributed by atoms with Crippen molar-refractivity contribution in [3.63, 3.8) is 0 Å². The van der Waals surface area contributed by atoms with E-state index in [2.05, 4.69) is 107 Å². The highest BCUT2D eigenvalue weighted by molar-refractivity contribution is 6.55. The Hall–Kier alpha value is -0.506. The minimum absolute atomic E-state index is 0.139. The molecule has 1 aromatic rings. The Bertz CT molecular complexity index is 631. The SMILES string of the molecule is CC(C)(C)OCC(C[SiH2]c1ccc([SiH2]CC(COC(C)(C)C)OC(C)(C)C)cc1)OC(C)(C)C. The van der Waals surface area contributed by atoms with Gasteiger partial charge in [0.2, 0.25) is 0 Å². The summed E-state index contributed by atoms with van der Waals surface area (Å²) in [4.78, 5) is 0. The number of benzene rings is 1. The molecule has 0 aliphatic heterocycles. The average molecular weight is 511 g/mol. The lowest BCUT2D eigenvalue weighted by atomic mass is 10.2. The maximum atomic E-state index is 6.32. The van der Waals surface area contributed by atoms with E-state index in [-0.39, 0.29) is 34.6 Å². The van der Waals surface area contributed by atoms with E-state index in [1.807, 2.05) is 0 Å². The molecule has 34 heavy (non-hydrogen) atoms.